The molecular weight excluding hydrogens is 286 g/mol. The number of hydrogen-bond acceptors (Lipinski definition) is 3. The summed E-state index contributed by atoms with van der Waals surface area (Å²) in [7, 11) is 1.66. The Morgan fingerprint density at radius 1 is 1.10 bits per heavy atom. The third-order valence-electron chi connectivity index (χ3n) is 3.14. The van der Waals surface area contributed by atoms with Crippen LogP contribution in [0.4, 0.5) is 5.69 Å². The molecule has 1 atom stereocenters. The summed E-state index contributed by atoms with van der Waals surface area (Å²) in [6.45, 7) is 3.24. The Hall–Kier alpha value is -1.71. The van der Waals surface area contributed by atoms with Crippen molar-refractivity contribution in [3.8, 4) is 5.75 Å². The fourth-order valence-electron chi connectivity index (χ4n) is 2.00. The summed E-state index contributed by atoms with van der Waals surface area (Å²) in [5, 5.41) is 4.20. The summed E-state index contributed by atoms with van der Waals surface area (Å²) < 4.78 is 10.6. The van der Waals surface area contributed by atoms with Gasteiger partial charge in [0.2, 0.25) is 0 Å². The molecule has 0 heterocycles. The molecule has 0 bridgehead atoms. The van der Waals surface area contributed by atoms with Crippen LogP contribution in [0.3, 0.4) is 0 Å². The SMILES string of the molecule is COCCOc1cccc(NC(C)c2ccc(Cl)cc2)c1. The smallest absolute Gasteiger partial charge is 0.121 e. The Morgan fingerprint density at radius 3 is 2.57 bits per heavy atom. The number of hydrogen-bond donors (Lipinski definition) is 1. The van der Waals surface area contributed by atoms with E-state index in [1.807, 2.05) is 48.5 Å². The molecule has 0 saturated carbocycles. The van der Waals surface area contributed by atoms with E-state index < -0.39 is 0 Å². The van der Waals surface area contributed by atoms with Crippen LogP contribution in [0.1, 0.15) is 18.5 Å². The molecule has 112 valence electrons. The second-order valence-corrected chi connectivity index (χ2v) is 5.22. The molecular formula is C17H20ClNO2. The Kier molecular flexibility index (Phi) is 5.90. The Morgan fingerprint density at radius 2 is 1.86 bits per heavy atom. The van der Waals surface area contributed by atoms with Gasteiger partial charge in [0.25, 0.3) is 0 Å². The first kappa shape index (κ1) is 15.7. The molecule has 1 unspecified atom stereocenters. The zero-order valence-electron chi connectivity index (χ0n) is 12.3. The van der Waals surface area contributed by atoms with E-state index >= 15 is 0 Å². The maximum absolute atomic E-state index is 5.91. The van der Waals surface area contributed by atoms with Gasteiger partial charge in [0, 0.05) is 29.9 Å². The normalized spacial score (nSPS) is 12.0. The van der Waals surface area contributed by atoms with Crippen LogP contribution in [0.2, 0.25) is 5.02 Å². The van der Waals surface area contributed by atoms with Crippen molar-refractivity contribution < 1.29 is 9.47 Å². The molecule has 0 spiro atoms. The van der Waals surface area contributed by atoms with Crippen molar-refractivity contribution in [2.75, 3.05) is 25.6 Å². The predicted molar refractivity (Wildman–Crippen MR) is 87.3 cm³/mol. The third-order valence-corrected chi connectivity index (χ3v) is 3.40. The van der Waals surface area contributed by atoms with E-state index in [-0.39, 0.29) is 6.04 Å². The van der Waals surface area contributed by atoms with Gasteiger partial charge >= 0.3 is 0 Å². The van der Waals surface area contributed by atoms with E-state index in [4.69, 9.17) is 21.1 Å². The highest BCUT2D eigenvalue weighted by atomic mass is 35.5. The predicted octanol–water partition coefficient (Wildman–Crippen LogP) is 4.54. The number of benzene rings is 2. The molecule has 2 aromatic carbocycles. The van der Waals surface area contributed by atoms with Gasteiger partial charge in [-0.1, -0.05) is 29.8 Å². The average Bonchev–Trinajstić information content (AvgIpc) is 2.48. The third kappa shape index (κ3) is 4.96. The number of rotatable bonds is 7. The van der Waals surface area contributed by atoms with Gasteiger partial charge in [-0.05, 0) is 36.8 Å². The lowest BCUT2D eigenvalue weighted by atomic mass is 10.1. The fraction of sp³-hybridized carbons (Fsp3) is 0.294. The van der Waals surface area contributed by atoms with E-state index in [1.54, 1.807) is 7.11 Å². The molecule has 3 nitrogen and oxygen atoms in total. The van der Waals surface area contributed by atoms with Crippen molar-refractivity contribution in [1.82, 2.24) is 0 Å². The molecule has 0 fully saturated rings. The van der Waals surface area contributed by atoms with Crippen LogP contribution >= 0.6 is 11.6 Å². The van der Waals surface area contributed by atoms with Crippen LogP contribution in [-0.4, -0.2) is 20.3 Å². The Balaban J connectivity index is 1.98. The van der Waals surface area contributed by atoms with Crippen LogP contribution < -0.4 is 10.1 Å². The largest absolute Gasteiger partial charge is 0.491 e. The highest BCUT2D eigenvalue weighted by Crippen LogP contribution is 2.23. The van der Waals surface area contributed by atoms with Crippen molar-refractivity contribution >= 4 is 17.3 Å². The van der Waals surface area contributed by atoms with Gasteiger partial charge in [-0.2, -0.15) is 0 Å². The first-order valence-electron chi connectivity index (χ1n) is 6.93. The molecule has 0 saturated heterocycles. The zero-order valence-corrected chi connectivity index (χ0v) is 13.1. The van der Waals surface area contributed by atoms with Crippen molar-refractivity contribution in [2.24, 2.45) is 0 Å². The molecule has 2 aromatic rings. The lowest BCUT2D eigenvalue weighted by Crippen LogP contribution is -2.07. The van der Waals surface area contributed by atoms with E-state index in [9.17, 15) is 0 Å². The Labute approximate surface area is 130 Å². The molecule has 1 N–H and O–H groups in total. The van der Waals surface area contributed by atoms with Gasteiger partial charge in [0.15, 0.2) is 0 Å². The molecule has 0 aliphatic carbocycles. The van der Waals surface area contributed by atoms with Gasteiger partial charge in [0.1, 0.15) is 12.4 Å². The molecule has 0 aromatic heterocycles. The topological polar surface area (TPSA) is 30.5 Å². The van der Waals surface area contributed by atoms with Crippen LogP contribution in [0.15, 0.2) is 48.5 Å². The summed E-state index contributed by atoms with van der Waals surface area (Å²) in [6, 6.07) is 16.0. The number of methoxy groups -OCH3 is 1. The first-order chi connectivity index (χ1) is 10.2. The van der Waals surface area contributed by atoms with Gasteiger partial charge in [-0.3, -0.25) is 0 Å². The lowest BCUT2D eigenvalue weighted by molar-refractivity contribution is 0.146. The van der Waals surface area contributed by atoms with Crippen LogP contribution in [-0.2, 0) is 4.74 Å². The fourth-order valence-corrected chi connectivity index (χ4v) is 2.13. The maximum atomic E-state index is 5.91. The van der Waals surface area contributed by atoms with Crippen molar-refractivity contribution in [2.45, 2.75) is 13.0 Å². The average molecular weight is 306 g/mol. The molecule has 0 aliphatic heterocycles. The van der Waals surface area contributed by atoms with Gasteiger partial charge in [0.05, 0.1) is 6.61 Å². The number of nitrogens with one attached hydrogen (secondary N) is 1. The highest BCUT2D eigenvalue weighted by Gasteiger charge is 2.06. The number of halogens is 1. The van der Waals surface area contributed by atoms with Crippen LogP contribution in [0.5, 0.6) is 5.75 Å². The minimum atomic E-state index is 0.191. The summed E-state index contributed by atoms with van der Waals surface area (Å²) in [4.78, 5) is 0. The minimum Gasteiger partial charge on any atom is -0.491 e. The van der Waals surface area contributed by atoms with E-state index in [0.717, 1.165) is 16.5 Å². The number of anilines is 1. The van der Waals surface area contributed by atoms with E-state index in [0.29, 0.717) is 13.2 Å². The highest BCUT2D eigenvalue weighted by molar-refractivity contribution is 6.30. The standard InChI is InChI=1S/C17H20ClNO2/c1-13(14-6-8-15(18)9-7-14)19-16-4-3-5-17(12-16)21-11-10-20-2/h3-9,12-13,19H,10-11H2,1-2H3. The first-order valence-corrected chi connectivity index (χ1v) is 7.30. The van der Waals surface area contributed by atoms with Crippen molar-refractivity contribution in [3.63, 3.8) is 0 Å². The minimum absolute atomic E-state index is 0.191. The molecule has 21 heavy (non-hydrogen) atoms. The molecule has 0 radical (unpaired) electrons. The second kappa shape index (κ2) is 7.91. The lowest BCUT2D eigenvalue weighted by Gasteiger charge is -2.16. The molecule has 4 heteroatoms. The Bertz CT molecular complexity index is 557. The second-order valence-electron chi connectivity index (χ2n) is 4.79. The van der Waals surface area contributed by atoms with Gasteiger partial charge in [-0.15, -0.1) is 0 Å². The summed E-state index contributed by atoms with van der Waals surface area (Å²) in [6.07, 6.45) is 0. The summed E-state index contributed by atoms with van der Waals surface area (Å²) in [5.74, 6) is 0.834. The van der Waals surface area contributed by atoms with Gasteiger partial charge in [-0.25, -0.2) is 0 Å². The maximum Gasteiger partial charge on any atom is 0.121 e. The quantitative estimate of drug-likeness (QED) is 0.762. The van der Waals surface area contributed by atoms with Gasteiger partial charge < -0.3 is 14.8 Å². The van der Waals surface area contributed by atoms with E-state index in [2.05, 4.69) is 12.2 Å². The van der Waals surface area contributed by atoms with Crippen molar-refractivity contribution in [3.05, 3.63) is 59.1 Å². The van der Waals surface area contributed by atoms with Crippen molar-refractivity contribution in [1.29, 1.82) is 0 Å². The molecule has 2 rings (SSSR count). The molecule has 0 aliphatic rings. The summed E-state index contributed by atoms with van der Waals surface area (Å²) in [5.41, 5.74) is 2.21. The van der Waals surface area contributed by atoms with E-state index in [1.165, 1.54) is 5.56 Å². The summed E-state index contributed by atoms with van der Waals surface area (Å²) >= 11 is 5.91. The zero-order chi connectivity index (χ0) is 15.1. The van der Waals surface area contributed by atoms with Crippen LogP contribution in [0.25, 0.3) is 0 Å². The monoisotopic (exact) mass is 305 g/mol. The molecule has 0 amide bonds. The number of ether oxygens (including phenoxy) is 2. The van der Waals surface area contributed by atoms with Crippen LogP contribution in [0, 0.1) is 0 Å².